The first kappa shape index (κ1) is 20.3. The Morgan fingerprint density at radius 1 is 1.19 bits per heavy atom. The third-order valence-corrected chi connectivity index (χ3v) is 6.35. The Morgan fingerprint density at radius 2 is 1.93 bits per heavy atom. The summed E-state index contributed by atoms with van der Waals surface area (Å²) in [5.41, 5.74) is 0.882. The maximum atomic E-state index is 13.0. The number of carbonyl (C=O) groups excluding carboxylic acids is 1. The molecule has 1 amide bonds. The number of fused-ring (bicyclic) bond motifs is 1. The third-order valence-electron chi connectivity index (χ3n) is 3.82. The minimum Gasteiger partial charge on any atom is -0.308 e. The highest BCUT2D eigenvalue weighted by molar-refractivity contribution is 9.10. The number of hydrogen-bond acceptors (Lipinski definition) is 5. The average Bonchev–Trinajstić information content (AvgIpc) is 3.03. The number of carbonyl (C=O) groups is 1. The van der Waals surface area contributed by atoms with E-state index < -0.39 is 0 Å². The fourth-order valence-electron chi connectivity index (χ4n) is 2.38. The number of hydrogen-bond donors (Lipinski definition) is 0. The fourth-order valence-corrected chi connectivity index (χ4v) is 4.72. The third kappa shape index (κ3) is 5.51. The van der Waals surface area contributed by atoms with Crippen LogP contribution in [0.25, 0.3) is 10.2 Å². The number of likely N-dealkylation sites (N-methyl/N-ethyl adjacent to an activating group) is 1. The molecule has 0 unspecified atom stereocenters. The van der Waals surface area contributed by atoms with E-state index in [0.29, 0.717) is 11.7 Å². The standard InChI is InChI=1S/C19H19BrFN3OS2/c1-23(2)9-10-24(18(25)12-26-15-6-4-14(21)5-7-15)19-22-16-8-3-13(20)11-17(16)27-19/h3-8,11H,9-10,12H2,1-2H3. The molecular formula is C19H19BrFN3OS2. The number of thioether (sulfide) groups is 1. The van der Waals surface area contributed by atoms with Gasteiger partial charge in [-0.1, -0.05) is 27.3 Å². The molecule has 0 aliphatic rings. The number of aromatic nitrogens is 1. The summed E-state index contributed by atoms with van der Waals surface area (Å²) in [5.74, 6) is -0.0122. The molecular weight excluding hydrogens is 449 g/mol. The lowest BCUT2D eigenvalue weighted by molar-refractivity contribution is -0.116. The second-order valence-corrected chi connectivity index (χ2v) is 9.17. The predicted octanol–water partition coefficient (Wildman–Crippen LogP) is 4.88. The molecule has 0 bridgehead atoms. The lowest BCUT2D eigenvalue weighted by atomic mass is 10.3. The summed E-state index contributed by atoms with van der Waals surface area (Å²) in [4.78, 5) is 22.2. The first-order chi connectivity index (χ1) is 12.9. The highest BCUT2D eigenvalue weighted by Crippen LogP contribution is 2.31. The molecule has 0 atom stereocenters. The molecule has 2 aromatic carbocycles. The van der Waals surface area contributed by atoms with Gasteiger partial charge in [0.15, 0.2) is 5.13 Å². The number of thiazole rings is 1. The number of anilines is 1. The van der Waals surface area contributed by atoms with Crippen molar-refractivity contribution in [3.05, 3.63) is 52.8 Å². The first-order valence-electron chi connectivity index (χ1n) is 8.32. The molecule has 0 radical (unpaired) electrons. The van der Waals surface area contributed by atoms with E-state index in [4.69, 9.17) is 0 Å². The predicted molar refractivity (Wildman–Crippen MR) is 115 cm³/mol. The molecule has 3 rings (SSSR count). The van der Waals surface area contributed by atoms with E-state index in [1.807, 2.05) is 37.2 Å². The minimum absolute atomic E-state index is 0.00991. The number of amides is 1. The van der Waals surface area contributed by atoms with Gasteiger partial charge in [0, 0.05) is 22.5 Å². The molecule has 0 N–H and O–H groups in total. The van der Waals surface area contributed by atoms with Crippen LogP contribution in [0, 0.1) is 5.82 Å². The highest BCUT2D eigenvalue weighted by Gasteiger charge is 2.20. The highest BCUT2D eigenvalue weighted by atomic mass is 79.9. The van der Waals surface area contributed by atoms with Crippen molar-refractivity contribution in [1.82, 2.24) is 9.88 Å². The van der Waals surface area contributed by atoms with Gasteiger partial charge in [-0.25, -0.2) is 9.37 Å². The van der Waals surface area contributed by atoms with Crippen molar-refractivity contribution in [3.63, 3.8) is 0 Å². The van der Waals surface area contributed by atoms with Gasteiger partial charge in [-0.3, -0.25) is 9.69 Å². The molecule has 27 heavy (non-hydrogen) atoms. The zero-order chi connectivity index (χ0) is 19.4. The number of rotatable bonds is 7. The SMILES string of the molecule is CN(C)CCN(C(=O)CSc1ccc(F)cc1)c1nc2ccc(Br)cc2s1. The summed E-state index contributed by atoms with van der Waals surface area (Å²) in [7, 11) is 3.96. The van der Waals surface area contributed by atoms with Crippen LogP contribution in [0.4, 0.5) is 9.52 Å². The van der Waals surface area contributed by atoms with Crippen LogP contribution in [0.3, 0.4) is 0 Å². The van der Waals surface area contributed by atoms with Gasteiger partial charge in [0.1, 0.15) is 5.82 Å². The van der Waals surface area contributed by atoms with Crippen LogP contribution < -0.4 is 4.90 Å². The smallest absolute Gasteiger partial charge is 0.239 e. The molecule has 0 aliphatic carbocycles. The van der Waals surface area contributed by atoms with Crippen molar-refractivity contribution < 1.29 is 9.18 Å². The van der Waals surface area contributed by atoms with Crippen molar-refractivity contribution in [2.45, 2.75) is 4.90 Å². The van der Waals surface area contributed by atoms with Crippen molar-refractivity contribution in [1.29, 1.82) is 0 Å². The minimum atomic E-state index is -0.279. The molecule has 0 spiro atoms. The van der Waals surface area contributed by atoms with Gasteiger partial charge < -0.3 is 4.90 Å². The molecule has 8 heteroatoms. The zero-order valence-electron chi connectivity index (χ0n) is 15.0. The van der Waals surface area contributed by atoms with Crippen molar-refractivity contribution in [2.24, 2.45) is 0 Å². The zero-order valence-corrected chi connectivity index (χ0v) is 18.2. The quantitative estimate of drug-likeness (QED) is 0.463. The molecule has 0 aliphatic heterocycles. The summed E-state index contributed by atoms with van der Waals surface area (Å²) in [6, 6.07) is 12.1. The van der Waals surface area contributed by atoms with E-state index in [1.54, 1.807) is 17.0 Å². The first-order valence-corrected chi connectivity index (χ1v) is 10.9. The lowest BCUT2D eigenvalue weighted by Gasteiger charge is -2.21. The summed E-state index contributed by atoms with van der Waals surface area (Å²) in [6.45, 7) is 1.31. The van der Waals surface area contributed by atoms with Gasteiger partial charge in [-0.05, 0) is 56.6 Å². The second kappa shape index (κ2) is 9.14. The number of nitrogens with zero attached hydrogens (tertiary/aromatic N) is 3. The van der Waals surface area contributed by atoms with Crippen LogP contribution in [0.2, 0.25) is 0 Å². The van der Waals surface area contributed by atoms with E-state index in [2.05, 4.69) is 20.9 Å². The largest absolute Gasteiger partial charge is 0.308 e. The lowest BCUT2D eigenvalue weighted by Crippen LogP contribution is -2.37. The van der Waals surface area contributed by atoms with Crippen LogP contribution in [0.15, 0.2) is 51.8 Å². The monoisotopic (exact) mass is 467 g/mol. The van der Waals surface area contributed by atoms with Crippen LogP contribution >= 0.6 is 39.0 Å². The Kier molecular flexibility index (Phi) is 6.86. The summed E-state index contributed by atoms with van der Waals surface area (Å²) >= 11 is 6.39. The normalized spacial score (nSPS) is 11.3. The van der Waals surface area contributed by atoms with Gasteiger partial charge in [0.2, 0.25) is 5.91 Å². The summed E-state index contributed by atoms with van der Waals surface area (Å²) in [5, 5.41) is 0.703. The Morgan fingerprint density at radius 3 is 2.63 bits per heavy atom. The van der Waals surface area contributed by atoms with Crippen LogP contribution in [-0.4, -0.2) is 48.7 Å². The average molecular weight is 468 g/mol. The van der Waals surface area contributed by atoms with E-state index >= 15 is 0 Å². The molecule has 142 valence electrons. The van der Waals surface area contributed by atoms with E-state index in [0.717, 1.165) is 26.1 Å². The van der Waals surface area contributed by atoms with E-state index in [9.17, 15) is 9.18 Å². The molecule has 0 fully saturated rings. The van der Waals surface area contributed by atoms with Gasteiger partial charge in [0.05, 0.1) is 16.0 Å². The van der Waals surface area contributed by atoms with Gasteiger partial charge in [0.25, 0.3) is 0 Å². The van der Waals surface area contributed by atoms with Crippen LogP contribution in [-0.2, 0) is 4.79 Å². The van der Waals surface area contributed by atoms with Crippen molar-refractivity contribution in [3.8, 4) is 0 Å². The van der Waals surface area contributed by atoms with Gasteiger partial charge >= 0.3 is 0 Å². The van der Waals surface area contributed by atoms with Crippen LogP contribution in [0.1, 0.15) is 0 Å². The van der Waals surface area contributed by atoms with Crippen molar-refractivity contribution >= 4 is 60.3 Å². The second-order valence-electron chi connectivity index (χ2n) is 6.20. The molecule has 4 nitrogen and oxygen atoms in total. The Balaban J connectivity index is 1.78. The Bertz CT molecular complexity index is 930. The Hall–Kier alpha value is -1.48. The molecule has 0 saturated carbocycles. The number of benzene rings is 2. The van der Waals surface area contributed by atoms with E-state index in [-0.39, 0.29) is 17.5 Å². The fraction of sp³-hybridized carbons (Fsp3) is 0.263. The van der Waals surface area contributed by atoms with Gasteiger partial charge in [-0.15, -0.1) is 11.8 Å². The van der Waals surface area contributed by atoms with Gasteiger partial charge in [-0.2, -0.15) is 0 Å². The molecule has 3 aromatic rings. The summed E-state index contributed by atoms with van der Waals surface area (Å²) in [6.07, 6.45) is 0. The molecule has 1 aromatic heterocycles. The van der Waals surface area contributed by atoms with E-state index in [1.165, 1.54) is 35.2 Å². The molecule has 0 saturated heterocycles. The maximum Gasteiger partial charge on any atom is 0.239 e. The number of halogens is 2. The van der Waals surface area contributed by atoms with Crippen molar-refractivity contribution in [2.75, 3.05) is 37.8 Å². The topological polar surface area (TPSA) is 36.4 Å². The Labute approximate surface area is 174 Å². The molecule has 1 heterocycles. The maximum absolute atomic E-state index is 13.0. The summed E-state index contributed by atoms with van der Waals surface area (Å²) < 4.78 is 15.1. The van der Waals surface area contributed by atoms with Crippen LogP contribution in [0.5, 0.6) is 0 Å².